The Kier molecular flexibility index (Phi) is 3.59. The van der Waals surface area contributed by atoms with Gasteiger partial charge in [0.25, 0.3) is 0 Å². The summed E-state index contributed by atoms with van der Waals surface area (Å²) in [6.45, 7) is 3.54. The lowest BCUT2D eigenvalue weighted by Gasteiger charge is -2.17. The molecule has 3 nitrogen and oxygen atoms in total. The van der Waals surface area contributed by atoms with Crippen molar-refractivity contribution in [2.45, 2.75) is 24.3 Å². The molecule has 2 aromatic heterocycles. The number of rotatable bonds is 4. The molecular formula is C12H13FN2OS2. The first-order valence-corrected chi connectivity index (χ1v) is 7.49. The fourth-order valence-corrected chi connectivity index (χ4v) is 2.72. The predicted molar refractivity (Wildman–Crippen MR) is 72.7 cm³/mol. The Morgan fingerprint density at radius 1 is 1.50 bits per heavy atom. The molecule has 0 saturated heterocycles. The molecule has 0 fully saturated rings. The summed E-state index contributed by atoms with van der Waals surface area (Å²) in [6, 6.07) is 0. The van der Waals surface area contributed by atoms with Gasteiger partial charge in [-0.05, 0) is 20.1 Å². The van der Waals surface area contributed by atoms with E-state index in [1.54, 1.807) is 30.1 Å². The van der Waals surface area contributed by atoms with Crippen molar-refractivity contribution in [1.29, 1.82) is 0 Å². The van der Waals surface area contributed by atoms with Gasteiger partial charge in [0.15, 0.2) is 0 Å². The van der Waals surface area contributed by atoms with Gasteiger partial charge < -0.3 is 4.79 Å². The van der Waals surface area contributed by atoms with Crippen LogP contribution < -0.4 is 0 Å². The van der Waals surface area contributed by atoms with Crippen LogP contribution in [-0.2, 0) is 10.3 Å². The van der Waals surface area contributed by atoms with E-state index in [1.165, 1.54) is 28.5 Å². The molecule has 0 aliphatic heterocycles. The van der Waals surface area contributed by atoms with Crippen molar-refractivity contribution in [3.8, 4) is 11.3 Å². The van der Waals surface area contributed by atoms with Crippen molar-refractivity contribution < 1.29 is 9.18 Å². The van der Waals surface area contributed by atoms with E-state index < -0.39 is 5.54 Å². The molecule has 2 rings (SSSR count). The Bertz CT molecular complexity index is 574. The van der Waals surface area contributed by atoms with Crippen molar-refractivity contribution in [2.75, 3.05) is 6.26 Å². The quantitative estimate of drug-likeness (QED) is 0.637. The Morgan fingerprint density at radius 2 is 2.22 bits per heavy atom. The standard InChI is InChI=1S/C12H13FN2OS2/c1-12(2,7-16)15-4-10(17-3)11(14-15)8-5-18-6-9(8)13/h4-7H,1-3H3. The molecule has 0 saturated carbocycles. The van der Waals surface area contributed by atoms with Crippen LogP contribution in [0, 0.1) is 5.82 Å². The largest absolute Gasteiger partial charge is 0.301 e. The molecule has 2 aromatic rings. The van der Waals surface area contributed by atoms with Crippen LogP contribution >= 0.6 is 23.1 Å². The van der Waals surface area contributed by atoms with E-state index in [1.807, 2.05) is 6.26 Å². The summed E-state index contributed by atoms with van der Waals surface area (Å²) < 4.78 is 15.2. The van der Waals surface area contributed by atoms with Gasteiger partial charge in [-0.2, -0.15) is 5.10 Å². The molecule has 0 spiro atoms. The highest BCUT2D eigenvalue weighted by atomic mass is 32.2. The van der Waals surface area contributed by atoms with E-state index in [0.29, 0.717) is 11.3 Å². The van der Waals surface area contributed by atoms with E-state index in [0.717, 1.165) is 11.2 Å². The lowest BCUT2D eigenvalue weighted by molar-refractivity contribution is -0.114. The van der Waals surface area contributed by atoms with Crippen LogP contribution in [0.3, 0.4) is 0 Å². The number of hydrogen-bond acceptors (Lipinski definition) is 4. The number of carbonyl (C=O) groups excluding carboxylic acids is 1. The summed E-state index contributed by atoms with van der Waals surface area (Å²) in [5.74, 6) is -0.274. The minimum Gasteiger partial charge on any atom is -0.301 e. The molecule has 0 aliphatic carbocycles. The second kappa shape index (κ2) is 4.85. The van der Waals surface area contributed by atoms with E-state index in [2.05, 4.69) is 5.10 Å². The zero-order valence-electron chi connectivity index (χ0n) is 10.3. The Labute approximate surface area is 113 Å². The zero-order valence-corrected chi connectivity index (χ0v) is 11.9. The topological polar surface area (TPSA) is 34.9 Å². The molecule has 0 atom stereocenters. The van der Waals surface area contributed by atoms with Crippen LogP contribution in [0.25, 0.3) is 11.3 Å². The summed E-state index contributed by atoms with van der Waals surface area (Å²) in [4.78, 5) is 11.9. The average Bonchev–Trinajstić information content (AvgIpc) is 2.94. The SMILES string of the molecule is CSc1cn(C(C)(C)C=O)nc1-c1cscc1F. The molecule has 18 heavy (non-hydrogen) atoms. The van der Waals surface area contributed by atoms with Crippen molar-refractivity contribution in [3.05, 3.63) is 22.8 Å². The second-order valence-electron chi connectivity index (χ2n) is 4.40. The number of hydrogen-bond donors (Lipinski definition) is 0. The van der Waals surface area contributed by atoms with Gasteiger partial charge in [0.1, 0.15) is 23.3 Å². The first-order chi connectivity index (χ1) is 8.49. The third-order valence-corrected chi connectivity index (χ3v) is 4.10. The fraction of sp³-hybridized carbons (Fsp3) is 0.333. The molecule has 0 radical (unpaired) electrons. The van der Waals surface area contributed by atoms with Gasteiger partial charge in [0.05, 0.1) is 4.90 Å². The monoisotopic (exact) mass is 284 g/mol. The highest BCUT2D eigenvalue weighted by molar-refractivity contribution is 7.98. The van der Waals surface area contributed by atoms with Gasteiger partial charge in [0, 0.05) is 22.5 Å². The zero-order chi connectivity index (χ0) is 13.3. The summed E-state index contributed by atoms with van der Waals surface area (Å²) in [5.41, 5.74) is 0.357. The van der Waals surface area contributed by atoms with Gasteiger partial charge in [-0.1, -0.05) is 0 Å². The molecule has 0 aliphatic rings. The normalized spacial score (nSPS) is 11.8. The molecule has 0 unspecified atom stereocenters. The van der Waals surface area contributed by atoms with Crippen LogP contribution in [0.1, 0.15) is 13.8 Å². The maximum atomic E-state index is 13.6. The van der Waals surface area contributed by atoms with Crippen LogP contribution in [0.15, 0.2) is 21.9 Å². The number of aldehydes is 1. The van der Waals surface area contributed by atoms with Crippen LogP contribution in [0.2, 0.25) is 0 Å². The summed E-state index contributed by atoms with van der Waals surface area (Å²) in [7, 11) is 0. The first kappa shape index (κ1) is 13.3. The predicted octanol–water partition coefficient (Wildman–Crippen LogP) is 3.41. The van der Waals surface area contributed by atoms with Gasteiger partial charge >= 0.3 is 0 Å². The molecule has 6 heteroatoms. The van der Waals surface area contributed by atoms with Crippen molar-refractivity contribution >= 4 is 29.4 Å². The van der Waals surface area contributed by atoms with E-state index in [-0.39, 0.29) is 5.82 Å². The Morgan fingerprint density at radius 3 is 2.72 bits per heavy atom. The molecule has 96 valence electrons. The maximum absolute atomic E-state index is 13.6. The molecule has 0 aromatic carbocycles. The van der Waals surface area contributed by atoms with E-state index in [9.17, 15) is 9.18 Å². The van der Waals surface area contributed by atoms with Crippen LogP contribution in [0.5, 0.6) is 0 Å². The van der Waals surface area contributed by atoms with Crippen LogP contribution in [0.4, 0.5) is 4.39 Å². The number of carbonyl (C=O) groups is 1. The maximum Gasteiger partial charge on any atom is 0.147 e. The van der Waals surface area contributed by atoms with Gasteiger partial charge in [-0.15, -0.1) is 23.1 Å². The number of nitrogens with zero attached hydrogens (tertiary/aromatic N) is 2. The lowest BCUT2D eigenvalue weighted by atomic mass is 10.1. The number of aromatic nitrogens is 2. The highest BCUT2D eigenvalue weighted by Gasteiger charge is 2.24. The van der Waals surface area contributed by atoms with Crippen molar-refractivity contribution in [3.63, 3.8) is 0 Å². The van der Waals surface area contributed by atoms with E-state index in [4.69, 9.17) is 0 Å². The molecule has 0 amide bonds. The molecule has 0 N–H and O–H groups in total. The third-order valence-electron chi connectivity index (χ3n) is 2.65. The van der Waals surface area contributed by atoms with Gasteiger partial charge in [-0.3, -0.25) is 4.68 Å². The Hall–Kier alpha value is -1.14. The smallest absolute Gasteiger partial charge is 0.147 e. The number of thioether (sulfide) groups is 1. The number of thiophene rings is 1. The fourth-order valence-electron chi connectivity index (χ4n) is 1.49. The third kappa shape index (κ3) is 2.22. The van der Waals surface area contributed by atoms with Gasteiger partial charge in [0.2, 0.25) is 0 Å². The lowest BCUT2D eigenvalue weighted by Crippen LogP contribution is -2.28. The average molecular weight is 284 g/mol. The summed E-state index contributed by atoms with van der Waals surface area (Å²) in [5, 5.41) is 7.54. The molecule has 2 heterocycles. The Balaban J connectivity index is 2.56. The molecule has 0 bridgehead atoms. The minimum atomic E-state index is -0.727. The van der Waals surface area contributed by atoms with Crippen molar-refractivity contribution in [2.24, 2.45) is 0 Å². The van der Waals surface area contributed by atoms with Gasteiger partial charge in [-0.25, -0.2) is 4.39 Å². The highest BCUT2D eigenvalue weighted by Crippen LogP contribution is 2.33. The van der Waals surface area contributed by atoms with Crippen molar-refractivity contribution in [1.82, 2.24) is 9.78 Å². The summed E-state index contributed by atoms with van der Waals surface area (Å²) >= 11 is 2.79. The summed E-state index contributed by atoms with van der Waals surface area (Å²) in [6.07, 6.45) is 4.52. The van der Waals surface area contributed by atoms with Crippen LogP contribution in [-0.4, -0.2) is 22.3 Å². The molecular weight excluding hydrogens is 271 g/mol. The minimum absolute atomic E-state index is 0.274. The van der Waals surface area contributed by atoms with E-state index >= 15 is 0 Å². The second-order valence-corrected chi connectivity index (χ2v) is 5.99. The first-order valence-electron chi connectivity index (χ1n) is 5.32. The number of halogens is 1.